The number of nitrogens with two attached hydrogens (primary N) is 1. The summed E-state index contributed by atoms with van der Waals surface area (Å²) in [6.07, 6.45) is -0.524. The molecule has 1 unspecified atom stereocenters. The van der Waals surface area contributed by atoms with Crippen molar-refractivity contribution in [1.29, 1.82) is 0 Å². The highest BCUT2D eigenvalue weighted by atomic mass is 35.5. The predicted octanol–water partition coefficient (Wildman–Crippen LogP) is 2.94. The number of hydrogen-bond acceptors (Lipinski definition) is 11. The third-order valence-electron chi connectivity index (χ3n) is 6.63. The van der Waals surface area contributed by atoms with Crippen LogP contribution in [0.1, 0.15) is 40.3 Å². The number of benzene rings is 1. The normalized spacial score (nSPS) is 30.4. The Bertz CT molecular complexity index is 1420. The molecule has 2 aliphatic rings. The first-order valence-corrected chi connectivity index (χ1v) is 14.3. The summed E-state index contributed by atoms with van der Waals surface area (Å²) in [5, 5.41) is 14.0. The second-order valence-electron chi connectivity index (χ2n) is 10.1. The fraction of sp³-hybridized carbons (Fsp3) is 0.500. The number of hydrogen-bond donors (Lipinski definition) is 3. The van der Waals surface area contributed by atoms with Gasteiger partial charge in [0.1, 0.15) is 46.3 Å². The van der Waals surface area contributed by atoms with E-state index >= 15 is 0 Å². The van der Waals surface area contributed by atoms with Crippen LogP contribution in [0.4, 0.5) is 5.82 Å². The lowest BCUT2D eigenvalue weighted by atomic mass is 9.99. The topological polar surface area (TPSA) is 173 Å². The number of imidazole rings is 1. The largest absolute Gasteiger partial charge is 0.462 e. The molecule has 13 nitrogen and oxygen atoms in total. The van der Waals surface area contributed by atoms with Gasteiger partial charge in [-0.05, 0) is 39.8 Å². The van der Waals surface area contributed by atoms with Crippen LogP contribution < -0.4 is 15.3 Å². The van der Waals surface area contributed by atoms with Gasteiger partial charge in [-0.25, -0.2) is 19.5 Å². The zero-order valence-corrected chi connectivity index (χ0v) is 23.4. The van der Waals surface area contributed by atoms with Gasteiger partial charge in [-0.3, -0.25) is 13.9 Å². The van der Waals surface area contributed by atoms with Crippen molar-refractivity contribution in [2.75, 3.05) is 5.73 Å². The number of para-hydroxylation sites is 1. The van der Waals surface area contributed by atoms with Crippen LogP contribution in [0, 0.1) is 0 Å². The molecule has 3 heterocycles. The lowest BCUT2D eigenvalue weighted by Gasteiger charge is -2.26. The smallest absolute Gasteiger partial charge is 0.459 e. The van der Waals surface area contributed by atoms with Crippen molar-refractivity contribution in [2.45, 2.75) is 75.2 Å². The van der Waals surface area contributed by atoms with Gasteiger partial charge in [0.15, 0.2) is 17.7 Å². The number of aliphatic hydroxyl groups is 1. The summed E-state index contributed by atoms with van der Waals surface area (Å²) in [6, 6.07) is 7.35. The number of nitrogen functional groups attached to an aromatic ring is 1. The summed E-state index contributed by atoms with van der Waals surface area (Å²) in [5.41, 5.74) is 5.34. The Morgan fingerprint density at radius 1 is 1.28 bits per heavy atom. The quantitative estimate of drug-likeness (QED) is 0.192. The van der Waals surface area contributed by atoms with Crippen molar-refractivity contribution in [3.8, 4) is 5.75 Å². The maximum absolute atomic E-state index is 14.0. The van der Waals surface area contributed by atoms with Crippen LogP contribution in [0.15, 0.2) is 43.0 Å². The number of anilines is 1. The Morgan fingerprint density at radius 3 is 2.69 bits per heavy atom. The maximum Gasteiger partial charge on any atom is 0.459 e. The van der Waals surface area contributed by atoms with E-state index in [9.17, 15) is 14.5 Å². The highest BCUT2D eigenvalue weighted by Gasteiger charge is 2.75. The van der Waals surface area contributed by atoms with E-state index in [1.165, 1.54) is 19.6 Å². The number of aliphatic hydroxyl groups excluding tert-OH is 1. The molecule has 0 amide bonds. The second kappa shape index (κ2) is 9.99. The molecule has 0 radical (unpaired) electrons. The number of alkyl halides is 1. The molecule has 5 rings (SSSR count). The van der Waals surface area contributed by atoms with Crippen LogP contribution >= 0.6 is 19.3 Å². The zero-order chi connectivity index (χ0) is 28.2. The van der Waals surface area contributed by atoms with Gasteiger partial charge in [-0.2, -0.15) is 5.09 Å². The lowest BCUT2D eigenvalue weighted by Crippen LogP contribution is -2.41. The number of carbonyl (C=O) groups excluding carboxylic acids is 1. The first-order valence-electron chi connectivity index (χ1n) is 12.4. The van der Waals surface area contributed by atoms with Crippen molar-refractivity contribution < 1.29 is 33.0 Å². The maximum atomic E-state index is 14.0. The molecule has 2 aromatic heterocycles. The van der Waals surface area contributed by atoms with Crippen molar-refractivity contribution in [3.05, 3.63) is 43.0 Å². The minimum absolute atomic E-state index is 0.158. The summed E-state index contributed by atoms with van der Waals surface area (Å²) in [7, 11) is -4.20. The highest BCUT2D eigenvalue weighted by molar-refractivity contribution is 7.52. The summed E-state index contributed by atoms with van der Waals surface area (Å²) < 4.78 is 38.8. The van der Waals surface area contributed by atoms with Crippen molar-refractivity contribution in [1.82, 2.24) is 24.6 Å². The summed E-state index contributed by atoms with van der Waals surface area (Å²) in [6.45, 7) is 6.52. The van der Waals surface area contributed by atoms with E-state index in [-0.39, 0.29) is 24.1 Å². The molecule has 1 aliphatic heterocycles. The van der Waals surface area contributed by atoms with Crippen molar-refractivity contribution >= 4 is 42.3 Å². The monoisotopic (exact) mass is 580 g/mol. The average Bonchev–Trinajstić information content (AvgIpc) is 3.27. The number of esters is 1. The Balaban J connectivity index is 1.40. The van der Waals surface area contributed by atoms with E-state index in [2.05, 4.69) is 20.0 Å². The number of carbonyl (C=O) groups is 1. The Kier molecular flexibility index (Phi) is 7.11. The zero-order valence-electron chi connectivity index (χ0n) is 21.7. The Labute approximate surface area is 229 Å². The molecule has 1 spiro atoms. The van der Waals surface area contributed by atoms with Gasteiger partial charge >= 0.3 is 13.7 Å². The minimum atomic E-state index is -4.20. The molecule has 3 aromatic rings. The van der Waals surface area contributed by atoms with E-state index in [0.29, 0.717) is 11.2 Å². The summed E-state index contributed by atoms with van der Waals surface area (Å²) in [4.78, 5) is 23.5. The van der Waals surface area contributed by atoms with E-state index in [4.69, 9.17) is 35.9 Å². The number of nitrogens with one attached hydrogen (secondary N) is 1. The predicted molar refractivity (Wildman–Crippen MR) is 141 cm³/mol. The van der Waals surface area contributed by atoms with Crippen LogP contribution in [0.2, 0.25) is 0 Å². The molecule has 2 fully saturated rings. The standard InChI is InChI=1S/C24H30ClN6O7P/c1-13(2)35-20(32)14(3)30-39(34,37-15-8-6-5-7-9-15)38-16-10-24(16)21(33)23(4,25)22(36-24)31-12-29-17-18(26)27-11-28-19(17)31/h5-9,11-14,16,21-22,33H,10H2,1-4H3,(H,30,34)(H2,26,27,28)/t14-,16-,21+,22-,23-,24-,39?/m1/s1. The fourth-order valence-corrected chi connectivity index (χ4v) is 6.69. The number of aromatic nitrogens is 4. The van der Waals surface area contributed by atoms with Gasteiger partial charge in [0.2, 0.25) is 0 Å². The molecule has 1 aromatic carbocycles. The molecule has 1 saturated carbocycles. The van der Waals surface area contributed by atoms with Gasteiger partial charge < -0.3 is 24.8 Å². The molecular formula is C24H30ClN6O7P. The van der Waals surface area contributed by atoms with Gasteiger partial charge in [-0.15, -0.1) is 11.6 Å². The molecule has 15 heteroatoms. The third-order valence-corrected chi connectivity index (χ3v) is 8.71. The van der Waals surface area contributed by atoms with Gasteiger partial charge in [-0.1, -0.05) is 18.2 Å². The molecule has 210 valence electrons. The second-order valence-corrected chi connectivity index (χ2v) is 12.6. The van der Waals surface area contributed by atoms with Crippen LogP contribution in [0.5, 0.6) is 5.75 Å². The molecule has 1 aliphatic carbocycles. The Morgan fingerprint density at radius 2 is 2.00 bits per heavy atom. The SMILES string of the molecule is CC(C)OC(=O)[C@@H](C)NP(=O)(Oc1ccccc1)O[C@@H]1C[C@@]12O[C@@H](n1cnc3c(N)ncnc31)[C@](C)(Cl)[C@@H]2O. The number of fused-ring (bicyclic) bond motifs is 1. The summed E-state index contributed by atoms with van der Waals surface area (Å²) in [5.74, 6) is -0.191. The van der Waals surface area contributed by atoms with Crippen LogP contribution in [-0.4, -0.2) is 65.4 Å². The first-order chi connectivity index (χ1) is 18.4. The third kappa shape index (κ3) is 5.10. The number of halogens is 1. The number of ether oxygens (including phenoxy) is 2. The molecular weight excluding hydrogens is 551 g/mol. The van der Waals surface area contributed by atoms with E-state index < -0.39 is 48.7 Å². The van der Waals surface area contributed by atoms with E-state index in [0.717, 1.165) is 0 Å². The first kappa shape index (κ1) is 27.8. The number of nitrogens with zero attached hydrogens (tertiary/aromatic N) is 4. The van der Waals surface area contributed by atoms with Gasteiger partial charge in [0.25, 0.3) is 0 Å². The Hall–Kier alpha value is -2.80. The molecule has 39 heavy (non-hydrogen) atoms. The molecule has 7 atom stereocenters. The van der Waals surface area contributed by atoms with Gasteiger partial charge in [0, 0.05) is 6.42 Å². The highest BCUT2D eigenvalue weighted by Crippen LogP contribution is 2.64. The van der Waals surface area contributed by atoms with Crippen LogP contribution in [0.3, 0.4) is 0 Å². The van der Waals surface area contributed by atoms with Crippen molar-refractivity contribution in [2.24, 2.45) is 0 Å². The molecule has 0 bridgehead atoms. The van der Waals surface area contributed by atoms with Gasteiger partial charge in [0.05, 0.1) is 12.4 Å². The van der Waals surface area contributed by atoms with E-state index in [1.807, 2.05) is 0 Å². The number of rotatable bonds is 9. The molecule has 4 N–H and O–H groups in total. The average molecular weight is 581 g/mol. The van der Waals surface area contributed by atoms with Crippen molar-refractivity contribution in [3.63, 3.8) is 0 Å². The van der Waals surface area contributed by atoms with Crippen LogP contribution in [-0.2, 0) is 23.4 Å². The fourth-order valence-electron chi connectivity index (χ4n) is 4.63. The minimum Gasteiger partial charge on any atom is -0.462 e. The molecule has 1 saturated heterocycles. The van der Waals surface area contributed by atoms with Crippen LogP contribution in [0.25, 0.3) is 11.2 Å². The van der Waals surface area contributed by atoms with E-state index in [1.54, 1.807) is 55.7 Å². The lowest BCUT2D eigenvalue weighted by molar-refractivity contribution is -0.149. The summed E-state index contributed by atoms with van der Waals surface area (Å²) >= 11 is 6.85.